The summed E-state index contributed by atoms with van der Waals surface area (Å²) < 4.78 is 12.2. The van der Waals surface area contributed by atoms with Crippen LogP contribution < -0.4 is 5.43 Å². The first-order valence-electron chi connectivity index (χ1n) is 11.1. The van der Waals surface area contributed by atoms with Gasteiger partial charge in [0.05, 0.1) is 11.0 Å². The standard InChI is InChI=1S/C22H38N4O5Si/c1-22(2,3)32(6,7)31-20-14-19(12-13-23-24(4)5)25(15-20)21(27)30-16-17-8-10-18(11-9-17)26(28)29/h8-11,19-20,23H,12-16H2,1-7H3/t19-,20-/m1/s1. The number of amides is 1. The molecule has 1 amide bonds. The first-order chi connectivity index (χ1) is 14.8. The van der Waals surface area contributed by atoms with E-state index in [9.17, 15) is 14.9 Å². The molecule has 1 heterocycles. The smallest absolute Gasteiger partial charge is 0.410 e. The summed E-state index contributed by atoms with van der Waals surface area (Å²) in [5.41, 5.74) is 3.98. The van der Waals surface area contributed by atoms with Gasteiger partial charge in [-0.2, -0.15) is 0 Å². The maximum absolute atomic E-state index is 12.9. The highest BCUT2D eigenvalue weighted by atomic mass is 28.4. The minimum atomic E-state index is -1.96. The van der Waals surface area contributed by atoms with Crippen molar-refractivity contribution in [3.63, 3.8) is 0 Å². The molecule has 1 saturated heterocycles. The van der Waals surface area contributed by atoms with Crippen LogP contribution >= 0.6 is 0 Å². The number of carbonyl (C=O) groups is 1. The largest absolute Gasteiger partial charge is 0.445 e. The molecule has 2 atom stereocenters. The van der Waals surface area contributed by atoms with Crippen molar-refractivity contribution in [2.75, 3.05) is 27.2 Å². The molecule has 1 aromatic carbocycles. The molecule has 0 unspecified atom stereocenters. The van der Waals surface area contributed by atoms with Gasteiger partial charge in [-0.05, 0) is 48.7 Å². The quantitative estimate of drug-likeness (QED) is 0.332. The summed E-state index contributed by atoms with van der Waals surface area (Å²) in [4.78, 5) is 25.1. The maximum Gasteiger partial charge on any atom is 0.410 e. The van der Waals surface area contributed by atoms with Gasteiger partial charge in [-0.25, -0.2) is 4.79 Å². The summed E-state index contributed by atoms with van der Waals surface area (Å²) in [5.74, 6) is 0. The number of non-ortho nitro benzene ring substituents is 1. The van der Waals surface area contributed by atoms with Crippen molar-refractivity contribution < 1.29 is 18.9 Å². The van der Waals surface area contributed by atoms with Crippen LogP contribution in [0.3, 0.4) is 0 Å². The van der Waals surface area contributed by atoms with E-state index in [1.165, 1.54) is 12.1 Å². The number of carbonyl (C=O) groups excluding carboxylic acids is 1. The van der Waals surface area contributed by atoms with E-state index in [4.69, 9.17) is 9.16 Å². The number of benzene rings is 1. The van der Waals surface area contributed by atoms with Gasteiger partial charge in [0, 0.05) is 45.4 Å². The zero-order chi connectivity index (χ0) is 24.1. The number of hydrazine groups is 1. The zero-order valence-corrected chi connectivity index (χ0v) is 21.4. The Morgan fingerprint density at radius 3 is 2.44 bits per heavy atom. The number of likely N-dealkylation sites (tertiary alicyclic amines) is 1. The highest BCUT2D eigenvalue weighted by Crippen LogP contribution is 2.39. The van der Waals surface area contributed by atoms with Crippen molar-refractivity contribution in [1.82, 2.24) is 15.3 Å². The molecule has 1 aliphatic rings. The first kappa shape index (κ1) is 26.2. The predicted molar refractivity (Wildman–Crippen MR) is 127 cm³/mol. The Hall–Kier alpha value is -2.01. The summed E-state index contributed by atoms with van der Waals surface area (Å²) in [5, 5.41) is 12.8. The summed E-state index contributed by atoms with van der Waals surface area (Å²) >= 11 is 0. The van der Waals surface area contributed by atoms with Gasteiger partial charge in [0.25, 0.3) is 5.69 Å². The Kier molecular flexibility index (Phi) is 8.80. The number of nitrogens with one attached hydrogen (secondary N) is 1. The highest BCUT2D eigenvalue weighted by Gasteiger charge is 2.43. The monoisotopic (exact) mass is 466 g/mol. The number of nitro benzene ring substituents is 1. The van der Waals surface area contributed by atoms with Crippen LogP contribution in [0.4, 0.5) is 10.5 Å². The molecule has 1 aliphatic heterocycles. The summed E-state index contributed by atoms with van der Waals surface area (Å²) in [6.07, 6.45) is 1.20. The minimum absolute atomic E-state index is 0.00725. The van der Waals surface area contributed by atoms with E-state index in [1.54, 1.807) is 17.0 Å². The molecule has 0 saturated carbocycles. The van der Waals surface area contributed by atoms with Crippen LogP contribution in [0.2, 0.25) is 18.1 Å². The molecule has 1 fully saturated rings. The van der Waals surface area contributed by atoms with Crippen LogP contribution in [0, 0.1) is 10.1 Å². The highest BCUT2D eigenvalue weighted by molar-refractivity contribution is 6.74. The summed E-state index contributed by atoms with van der Waals surface area (Å²) in [7, 11) is 1.92. The third-order valence-corrected chi connectivity index (χ3v) is 10.8. The van der Waals surface area contributed by atoms with Gasteiger partial charge in [0.1, 0.15) is 6.61 Å². The van der Waals surface area contributed by atoms with E-state index in [0.717, 1.165) is 19.4 Å². The second kappa shape index (κ2) is 10.7. The number of hydrogen-bond acceptors (Lipinski definition) is 7. The molecule has 0 radical (unpaired) electrons. The fraction of sp³-hybridized carbons (Fsp3) is 0.682. The molecular weight excluding hydrogens is 428 g/mol. The molecule has 2 rings (SSSR count). The van der Waals surface area contributed by atoms with Crippen LogP contribution in [-0.2, 0) is 15.8 Å². The van der Waals surface area contributed by atoms with Crippen molar-refractivity contribution in [2.24, 2.45) is 0 Å². The van der Waals surface area contributed by atoms with E-state index in [2.05, 4.69) is 39.3 Å². The molecule has 10 heteroatoms. The predicted octanol–water partition coefficient (Wildman–Crippen LogP) is 4.15. The zero-order valence-electron chi connectivity index (χ0n) is 20.4. The number of rotatable bonds is 9. The Morgan fingerprint density at radius 2 is 1.91 bits per heavy atom. The molecular formula is C22H38N4O5Si. The molecule has 9 nitrogen and oxygen atoms in total. The lowest BCUT2D eigenvalue weighted by Crippen LogP contribution is -2.45. The van der Waals surface area contributed by atoms with Crippen LogP contribution in [0.15, 0.2) is 24.3 Å². The van der Waals surface area contributed by atoms with Crippen molar-refractivity contribution in [1.29, 1.82) is 0 Å². The van der Waals surface area contributed by atoms with Crippen molar-refractivity contribution >= 4 is 20.1 Å². The fourth-order valence-corrected chi connectivity index (χ4v) is 4.80. The number of nitrogens with zero attached hydrogens (tertiary/aromatic N) is 3. The third kappa shape index (κ3) is 7.26. The topological polar surface area (TPSA) is 97.2 Å². The van der Waals surface area contributed by atoms with E-state index in [1.807, 2.05) is 19.1 Å². The first-order valence-corrected chi connectivity index (χ1v) is 14.0. The average molecular weight is 467 g/mol. The average Bonchev–Trinajstić information content (AvgIpc) is 3.07. The second-order valence-corrected chi connectivity index (χ2v) is 14.9. The van der Waals surface area contributed by atoms with Crippen LogP contribution in [-0.4, -0.2) is 68.6 Å². The molecule has 0 bridgehead atoms. The Morgan fingerprint density at radius 1 is 1.28 bits per heavy atom. The molecule has 180 valence electrons. The summed E-state index contributed by atoms with van der Waals surface area (Å²) in [6, 6.07) is 6.08. The molecule has 32 heavy (non-hydrogen) atoms. The molecule has 0 spiro atoms. The van der Waals surface area contributed by atoms with Gasteiger partial charge >= 0.3 is 6.09 Å². The lowest BCUT2D eigenvalue weighted by Gasteiger charge is -2.38. The van der Waals surface area contributed by atoms with Crippen molar-refractivity contribution in [3.8, 4) is 0 Å². The van der Waals surface area contributed by atoms with Crippen molar-refractivity contribution in [2.45, 2.75) is 70.5 Å². The van der Waals surface area contributed by atoms with E-state index < -0.39 is 13.2 Å². The number of hydrogen-bond donors (Lipinski definition) is 1. The Balaban J connectivity index is 2.03. The second-order valence-electron chi connectivity index (χ2n) is 10.1. The summed E-state index contributed by atoms with van der Waals surface area (Å²) in [6.45, 7) is 12.4. The van der Waals surface area contributed by atoms with Crippen LogP contribution in [0.5, 0.6) is 0 Å². The van der Waals surface area contributed by atoms with Gasteiger partial charge in [0.2, 0.25) is 0 Å². The van der Waals surface area contributed by atoms with Crippen LogP contribution in [0.1, 0.15) is 39.2 Å². The van der Waals surface area contributed by atoms with Gasteiger partial charge < -0.3 is 14.1 Å². The van der Waals surface area contributed by atoms with E-state index >= 15 is 0 Å². The van der Waals surface area contributed by atoms with Gasteiger partial charge in [-0.1, -0.05) is 20.8 Å². The minimum Gasteiger partial charge on any atom is -0.445 e. The van der Waals surface area contributed by atoms with Crippen molar-refractivity contribution in [3.05, 3.63) is 39.9 Å². The fourth-order valence-electron chi connectivity index (χ4n) is 3.45. The number of ether oxygens (including phenoxy) is 1. The SMILES string of the molecule is CN(C)NCC[C@@H]1C[C@@H](O[Si](C)(C)C(C)(C)C)CN1C(=O)OCc1ccc([N+](=O)[O-])cc1. The van der Waals surface area contributed by atoms with E-state index in [0.29, 0.717) is 12.1 Å². The molecule has 1 aromatic rings. The molecule has 1 N–H and O–H groups in total. The molecule has 0 aromatic heterocycles. The van der Waals surface area contributed by atoms with Gasteiger partial charge in [-0.15, -0.1) is 0 Å². The number of nitro groups is 1. The third-order valence-electron chi connectivity index (χ3n) is 6.29. The molecule has 0 aliphatic carbocycles. The Labute approximate surface area is 192 Å². The van der Waals surface area contributed by atoms with Gasteiger partial charge in [-0.3, -0.25) is 20.5 Å². The lowest BCUT2D eigenvalue weighted by atomic mass is 10.1. The normalized spacial score (nSPS) is 19.4. The Bertz CT molecular complexity index is 780. The lowest BCUT2D eigenvalue weighted by molar-refractivity contribution is -0.384. The van der Waals surface area contributed by atoms with Gasteiger partial charge in [0.15, 0.2) is 8.32 Å². The van der Waals surface area contributed by atoms with E-state index in [-0.39, 0.29) is 35.6 Å². The maximum atomic E-state index is 12.9. The van der Waals surface area contributed by atoms with Crippen LogP contribution in [0.25, 0.3) is 0 Å².